The normalized spacial score (nSPS) is 11.7. The van der Waals surface area contributed by atoms with Gasteiger partial charge in [-0.2, -0.15) is 0 Å². The smallest absolute Gasteiger partial charge is 0.309 e. The second-order valence-corrected chi connectivity index (χ2v) is 6.08. The first kappa shape index (κ1) is 16.4. The molecule has 1 atom stereocenters. The number of hydrogen-bond acceptors (Lipinski definition) is 3. The Bertz CT molecular complexity index is 608. The number of carbonyl (C=O) groups excluding carboxylic acids is 1. The first-order valence-electron chi connectivity index (χ1n) is 7.39. The van der Waals surface area contributed by atoms with Crippen LogP contribution in [0.15, 0.2) is 60.7 Å². The van der Waals surface area contributed by atoms with Gasteiger partial charge in [0.15, 0.2) is 0 Å². The summed E-state index contributed by atoms with van der Waals surface area (Å²) >= 11 is 5.18. The van der Waals surface area contributed by atoms with Crippen molar-refractivity contribution >= 4 is 23.1 Å². The van der Waals surface area contributed by atoms with Crippen molar-refractivity contribution in [2.45, 2.75) is 26.4 Å². The molecule has 2 nitrogen and oxygen atoms in total. The first-order valence-corrected chi connectivity index (χ1v) is 7.80. The number of ether oxygens (including phenoxy) is 1. The van der Waals surface area contributed by atoms with E-state index in [0.29, 0.717) is 19.4 Å². The summed E-state index contributed by atoms with van der Waals surface area (Å²) in [6, 6.07) is 19.7. The van der Waals surface area contributed by atoms with Crippen LogP contribution in [-0.2, 0) is 22.6 Å². The van der Waals surface area contributed by atoms with Gasteiger partial charge in [-0.05, 0) is 35.8 Å². The average Bonchev–Trinajstić information content (AvgIpc) is 2.53. The van der Waals surface area contributed by atoms with Gasteiger partial charge in [0, 0.05) is 0 Å². The van der Waals surface area contributed by atoms with Crippen molar-refractivity contribution in [1.29, 1.82) is 0 Å². The lowest BCUT2D eigenvalue weighted by Crippen LogP contribution is -2.22. The topological polar surface area (TPSA) is 26.3 Å². The van der Waals surface area contributed by atoms with E-state index in [9.17, 15) is 4.79 Å². The van der Waals surface area contributed by atoms with Crippen LogP contribution in [0.2, 0.25) is 0 Å². The van der Waals surface area contributed by atoms with Crippen LogP contribution in [0, 0.1) is 5.92 Å². The lowest BCUT2D eigenvalue weighted by molar-refractivity contribution is -0.149. The van der Waals surface area contributed by atoms with Crippen LogP contribution >= 0.6 is 12.2 Å². The highest BCUT2D eigenvalue weighted by atomic mass is 32.1. The number of carbonyl (C=O) groups is 1. The Labute approximate surface area is 137 Å². The number of thiocarbonyl (C=S) groups is 1. The van der Waals surface area contributed by atoms with Crippen molar-refractivity contribution in [1.82, 2.24) is 0 Å². The van der Waals surface area contributed by atoms with Gasteiger partial charge in [-0.25, -0.2) is 0 Å². The number of hydrogen-bond donors (Lipinski definition) is 0. The molecule has 2 rings (SSSR count). The van der Waals surface area contributed by atoms with E-state index in [-0.39, 0.29) is 11.9 Å². The Kier molecular flexibility index (Phi) is 6.28. The monoisotopic (exact) mass is 312 g/mol. The van der Waals surface area contributed by atoms with Gasteiger partial charge in [0.1, 0.15) is 6.61 Å². The minimum absolute atomic E-state index is 0.183. The molecule has 0 aromatic heterocycles. The summed E-state index contributed by atoms with van der Waals surface area (Å²) in [5, 5.41) is 0. The van der Waals surface area contributed by atoms with Crippen LogP contribution in [0.1, 0.15) is 24.5 Å². The van der Waals surface area contributed by atoms with Crippen molar-refractivity contribution in [3.8, 4) is 0 Å². The van der Waals surface area contributed by atoms with Crippen molar-refractivity contribution in [2.75, 3.05) is 0 Å². The maximum Gasteiger partial charge on any atom is 0.309 e. The van der Waals surface area contributed by atoms with Gasteiger partial charge < -0.3 is 4.74 Å². The lowest BCUT2D eigenvalue weighted by Gasteiger charge is -2.16. The highest BCUT2D eigenvalue weighted by Crippen LogP contribution is 2.16. The molecule has 0 radical (unpaired) electrons. The Morgan fingerprint density at radius 2 is 1.55 bits per heavy atom. The maximum absolute atomic E-state index is 12.4. The summed E-state index contributed by atoms with van der Waals surface area (Å²) < 4.78 is 5.46. The average molecular weight is 312 g/mol. The lowest BCUT2D eigenvalue weighted by atomic mass is 9.95. The second-order valence-electron chi connectivity index (χ2n) is 5.39. The zero-order valence-corrected chi connectivity index (χ0v) is 13.5. The predicted molar refractivity (Wildman–Crippen MR) is 92.8 cm³/mol. The van der Waals surface area contributed by atoms with Gasteiger partial charge in [0.05, 0.1) is 5.92 Å². The quantitative estimate of drug-likeness (QED) is 0.561. The number of benzene rings is 2. The Hall–Kier alpha value is -2.00. The fourth-order valence-electron chi connectivity index (χ4n) is 2.33. The van der Waals surface area contributed by atoms with Crippen molar-refractivity contribution in [2.24, 2.45) is 5.92 Å². The summed E-state index contributed by atoms with van der Waals surface area (Å²) in [4.78, 5) is 13.2. The van der Waals surface area contributed by atoms with E-state index in [1.165, 1.54) is 0 Å². The molecule has 0 bridgehead atoms. The molecule has 3 heteroatoms. The van der Waals surface area contributed by atoms with Gasteiger partial charge in [0.25, 0.3) is 0 Å². The number of rotatable bonds is 7. The van der Waals surface area contributed by atoms with Crippen molar-refractivity contribution in [3.05, 3.63) is 71.8 Å². The fourth-order valence-corrected chi connectivity index (χ4v) is 2.53. The van der Waals surface area contributed by atoms with Gasteiger partial charge >= 0.3 is 5.97 Å². The van der Waals surface area contributed by atoms with E-state index in [0.717, 1.165) is 16.0 Å². The second kappa shape index (κ2) is 8.44. The highest BCUT2D eigenvalue weighted by Gasteiger charge is 2.21. The van der Waals surface area contributed by atoms with Crippen LogP contribution in [0.3, 0.4) is 0 Å². The molecular weight excluding hydrogens is 292 g/mol. The van der Waals surface area contributed by atoms with Crippen LogP contribution in [0.4, 0.5) is 0 Å². The highest BCUT2D eigenvalue weighted by molar-refractivity contribution is 7.80. The molecule has 114 valence electrons. The molecule has 0 saturated heterocycles. The van der Waals surface area contributed by atoms with Gasteiger partial charge in [-0.3, -0.25) is 4.79 Å². The number of esters is 1. The van der Waals surface area contributed by atoms with E-state index in [1.54, 1.807) is 0 Å². The van der Waals surface area contributed by atoms with Gasteiger partial charge in [-0.1, -0.05) is 72.9 Å². The van der Waals surface area contributed by atoms with E-state index in [4.69, 9.17) is 17.0 Å². The molecule has 2 aromatic carbocycles. The van der Waals surface area contributed by atoms with Gasteiger partial charge in [0.2, 0.25) is 0 Å². The minimum atomic E-state index is -0.219. The molecule has 1 unspecified atom stereocenters. The molecular formula is C19H20O2S. The Balaban J connectivity index is 1.98. The van der Waals surface area contributed by atoms with Gasteiger partial charge in [-0.15, -0.1) is 0 Å². The fraction of sp³-hybridized carbons (Fsp3) is 0.263. The molecule has 0 fully saturated rings. The Morgan fingerprint density at radius 3 is 2.09 bits per heavy atom. The zero-order chi connectivity index (χ0) is 15.8. The van der Waals surface area contributed by atoms with Crippen LogP contribution in [-0.4, -0.2) is 10.8 Å². The third-order valence-corrected chi connectivity index (χ3v) is 3.58. The van der Waals surface area contributed by atoms with E-state index in [2.05, 4.69) is 0 Å². The van der Waals surface area contributed by atoms with Crippen molar-refractivity contribution in [3.63, 3.8) is 0 Å². The summed E-state index contributed by atoms with van der Waals surface area (Å²) in [5.41, 5.74) is 2.12. The maximum atomic E-state index is 12.4. The molecule has 0 heterocycles. The zero-order valence-electron chi connectivity index (χ0n) is 12.7. The third-order valence-electron chi connectivity index (χ3n) is 3.42. The molecule has 0 N–H and O–H groups in total. The van der Waals surface area contributed by atoms with E-state index in [1.807, 2.05) is 67.6 Å². The molecule has 0 aliphatic heterocycles. The largest absolute Gasteiger partial charge is 0.461 e. The molecule has 0 aliphatic carbocycles. The van der Waals surface area contributed by atoms with Crippen LogP contribution in [0.25, 0.3) is 0 Å². The van der Waals surface area contributed by atoms with Crippen LogP contribution < -0.4 is 0 Å². The van der Waals surface area contributed by atoms with E-state index >= 15 is 0 Å². The summed E-state index contributed by atoms with van der Waals surface area (Å²) in [7, 11) is 0. The summed E-state index contributed by atoms with van der Waals surface area (Å²) in [6.07, 6.45) is 1.24. The molecule has 0 amide bonds. The van der Waals surface area contributed by atoms with E-state index < -0.39 is 0 Å². The summed E-state index contributed by atoms with van der Waals surface area (Å²) in [6.45, 7) is 2.18. The Morgan fingerprint density at radius 1 is 1.00 bits per heavy atom. The first-order chi connectivity index (χ1) is 10.6. The third kappa shape index (κ3) is 5.41. The molecule has 2 aromatic rings. The standard InChI is InChI=1S/C19H20O2S/c1-15(22)12-18(13-16-8-4-2-5-9-16)19(20)21-14-17-10-6-3-7-11-17/h2-11,18H,12-14H2,1H3. The SMILES string of the molecule is CC(=S)CC(Cc1ccccc1)C(=O)OCc1ccccc1. The predicted octanol–water partition coefficient (Wildman–Crippen LogP) is 4.37. The molecule has 0 spiro atoms. The minimum Gasteiger partial charge on any atom is -0.461 e. The molecule has 0 aliphatic rings. The molecule has 22 heavy (non-hydrogen) atoms. The summed E-state index contributed by atoms with van der Waals surface area (Å²) in [5.74, 6) is -0.402. The van der Waals surface area contributed by atoms with Crippen LogP contribution in [0.5, 0.6) is 0 Å². The van der Waals surface area contributed by atoms with Crippen molar-refractivity contribution < 1.29 is 9.53 Å². The molecule has 0 saturated carbocycles.